The molecule has 0 aliphatic carbocycles. The molecule has 1 heterocycles. The molecule has 0 atom stereocenters. The molecule has 0 saturated carbocycles. The van der Waals surface area contributed by atoms with E-state index in [4.69, 9.17) is 29.0 Å². The van der Waals surface area contributed by atoms with E-state index in [-0.39, 0.29) is 0 Å². The van der Waals surface area contributed by atoms with Crippen LogP contribution < -0.4 is 11.3 Å². The fourth-order valence-electron chi connectivity index (χ4n) is 1.24. The number of rotatable bonds is 3. The first-order chi connectivity index (χ1) is 8.60. The van der Waals surface area contributed by atoms with E-state index in [2.05, 4.69) is 26.3 Å². The molecule has 2 aromatic rings. The van der Waals surface area contributed by atoms with E-state index in [1.807, 2.05) is 24.3 Å². The van der Waals surface area contributed by atoms with Gasteiger partial charge in [-0.3, -0.25) is 0 Å². The van der Waals surface area contributed by atoms with Crippen LogP contribution >= 0.6 is 50.9 Å². The first-order valence-electron chi connectivity index (χ1n) is 4.86. The van der Waals surface area contributed by atoms with Crippen LogP contribution in [0.1, 0.15) is 0 Å². The van der Waals surface area contributed by atoms with E-state index in [9.17, 15) is 0 Å². The lowest BCUT2D eigenvalue weighted by molar-refractivity contribution is 1.11. The van der Waals surface area contributed by atoms with Gasteiger partial charge < -0.3 is 5.43 Å². The Morgan fingerprint density at radius 2 is 1.83 bits per heavy atom. The van der Waals surface area contributed by atoms with Crippen LogP contribution in [0, 0.1) is 0 Å². The molecule has 0 unspecified atom stereocenters. The summed E-state index contributed by atoms with van der Waals surface area (Å²) in [7, 11) is 0. The molecule has 0 aliphatic rings. The quantitative estimate of drug-likeness (QED) is 0.617. The summed E-state index contributed by atoms with van der Waals surface area (Å²) in [5.41, 5.74) is 2.44. The van der Waals surface area contributed by atoms with Crippen LogP contribution in [-0.2, 0) is 0 Å². The van der Waals surface area contributed by atoms with E-state index in [0.717, 1.165) is 9.37 Å². The minimum Gasteiger partial charge on any atom is -0.307 e. The number of hydrogen-bond acceptors (Lipinski definition) is 4. The highest BCUT2D eigenvalue weighted by Crippen LogP contribution is 2.35. The molecule has 3 N–H and O–H groups in total. The normalized spacial score (nSPS) is 10.4. The number of pyridine rings is 1. The Kier molecular flexibility index (Phi) is 4.75. The SMILES string of the molecule is NNc1nc(Sc2ccc(Br)cc2)c(Cl)cc1Cl. The predicted molar refractivity (Wildman–Crippen MR) is 80.3 cm³/mol. The second-order valence-electron chi connectivity index (χ2n) is 3.31. The molecular weight excluding hydrogens is 357 g/mol. The van der Waals surface area contributed by atoms with Gasteiger partial charge in [0.1, 0.15) is 5.03 Å². The molecule has 0 aliphatic heterocycles. The minimum absolute atomic E-state index is 0.391. The maximum Gasteiger partial charge on any atom is 0.160 e. The number of nitrogens with two attached hydrogens (primary N) is 1. The summed E-state index contributed by atoms with van der Waals surface area (Å²) >= 11 is 16.8. The summed E-state index contributed by atoms with van der Waals surface area (Å²) in [6, 6.07) is 9.46. The van der Waals surface area contributed by atoms with Crippen molar-refractivity contribution in [2.24, 2.45) is 5.84 Å². The number of benzene rings is 1. The topological polar surface area (TPSA) is 50.9 Å². The number of anilines is 1. The Morgan fingerprint density at radius 3 is 2.44 bits per heavy atom. The van der Waals surface area contributed by atoms with Gasteiger partial charge in [-0.15, -0.1) is 0 Å². The van der Waals surface area contributed by atoms with Crippen LogP contribution in [0.2, 0.25) is 10.0 Å². The predicted octanol–water partition coefficient (Wildman–Crippen LogP) is 4.59. The van der Waals surface area contributed by atoms with Gasteiger partial charge in [-0.25, -0.2) is 10.8 Å². The molecule has 0 spiro atoms. The lowest BCUT2D eigenvalue weighted by Crippen LogP contribution is -2.09. The third-order valence-electron chi connectivity index (χ3n) is 2.06. The van der Waals surface area contributed by atoms with Gasteiger partial charge in [0.25, 0.3) is 0 Å². The van der Waals surface area contributed by atoms with Gasteiger partial charge in [-0.2, -0.15) is 0 Å². The van der Waals surface area contributed by atoms with Crippen LogP contribution in [-0.4, -0.2) is 4.98 Å². The number of nitrogens with one attached hydrogen (secondary N) is 1. The zero-order valence-electron chi connectivity index (χ0n) is 8.95. The number of hydrazine groups is 1. The molecule has 0 radical (unpaired) electrons. The first-order valence-corrected chi connectivity index (χ1v) is 7.23. The van der Waals surface area contributed by atoms with Gasteiger partial charge in [0.2, 0.25) is 0 Å². The molecule has 94 valence electrons. The summed E-state index contributed by atoms with van der Waals surface area (Å²) in [5.74, 6) is 5.73. The van der Waals surface area contributed by atoms with Crippen LogP contribution in [0.15, 0.2) is 44.7 Å². The molecule has 1 aromatic heterocycles. The van der Waals surface area contributed by atoms with Gasteiger partial charge in [0.05, 0.1) is 10.0 Å². The van der Waals surface area contributed by atoms with Crippen LogP contribution in [0.3, 0.4) is 0 Å². The number of hydrogen-bond donors (Lipinski definition) is 2. The van der Waals surface area contributed by atoms with Gasteiger partial charge in [0, 0.05) is 9.37 Å². The monoisotopic (exact) mass is 363 g/mol. The van der Waals surface area contributed by atoms with Crippen LogP contribution in [0.5, 0.6) is 0 Å². The zero-order valence-corrected chi connectivity index (χ0v) is 12.9. The average molecular weight is 365 g/mol. The van der Waals surface area contributed by atoms with Crippen molar-refractivity contribution < 1.29 is 0 Å². The number of nitrogen functional groups attached to an aromatic ring is 1. The van der Waals surface area contributed by atoms with Crippen molar-refractivity contribution in [3.8, 4) is 0 Å². The second-order valence-corrected chi connectivity index (χ2v) is 6.10. The molecule has 1 aromatic carbocycles. The summed E-state index contributed by atoms with van der Waals surface area (Å²) in [6.45, 7) is 0. The summed E-state index contributed by atoms with van der Waals surface area (Å²) in [6.07, 6.45) is 0. The summed E-state index contributed by atoms with van der Waals surface area (Å²) in [5, 5.41) is 1.53. The summed E-state index contributed by atoms with van der Waals surface area (Å²) in [4.78, 5) is 5.29. The maximum atomic E-state index is 6.09. The Morgan fingerprint density at radius 1 is 1.17 bits per heavy atom. The molecule has 7 heteroatoms. The third-order valence-corrected chi connectivity index (χ3v) is 4.29. The van der Waals surface area contributed by atoms with Gasteiger partial charge >= 0.3 is 0 Å². The summed E-state index contributed by atoms with van der Waals surface area (Å²) < 4.78 is 1.02. The van der Waals surface area contributed by atoms with Crippen molar-refractivity contribution in [2.75, 3.05) is 5.43 Å². The van der Waals surface area contributed by atoms with E-state index in [1.54, 1.807) is 6.07 Å². The standard InChI is InChI=1S/C11H8BrCl2N3S/c12-6-1-3-7(4-2-6)18-11-9(14)5-8(13)10(16-11)17-15/h1-5H,15H2,(H,16,17). The van der Waals surface area contributed by atoms with E-state index in [1.165, 1.54) is 11.8 Å². The fourth-order valence-corrected chi connectivity index (χ4v) is 2.82. The van der Waals surface area contributed by atoms with E-state index < -0.39 is 0 Å². The Hall–Kier alpha value is -0.460. The molecule has 0 bridgehead atoms. The third kappa shape index (κ3) is 3.30. The minimum atomic E-state index is 0.391. The first kappa shape index (κ1) is 14.0. The molecular formula is C11H8BrCl2N3S. The fraction of sp³-hybridized carbons (Fsp3) is 0. The van der Waals surface area contributed by atoms with E-state index in [0.29, 0.717) is 20.9 Å². The average Bonchev–Trinajstić information content (AvgIpc) is 2.35. The zero-order chi connectivity index (χ0) is 13.1. The van der Waals surface area contributed by atoms with Crippen LogP contribution in [0.4, 0.5) is 5.82 Å². The molecule has 0 saturated heterocycles. The van der Waals surface area contributed by atoms with Crippen molar-refractivity contribution in [3.05, 3.63) is 44.8 Å². The Bertz CT molecular complexity index is 563. The number of nitrogens with zero attached hydrogens (tertiary/aromatic N) is 1. The highest BCUT2D eigenvalue weighted by Gasteiger charge is 2.10. The highest BCUT2D eigenvalue weighted by atomic mass is 79.9. The van der Waals surface area contributed by atoms with E-state index >= 15 is 0 Å². The highest BCUT2D eigenvalue weighted by molar-refractivity contribution is 9.10. The van der Waals surface area contributed by atoms with Crippen molar-refractivity contribution in [1.82, 2.24) is 4.98 Å². The second kappa shape index (κ2) is 6.12. The molecule has 0 amide bonds. The van der Waals surface area contributed by atoms with Crippen molar-refractivity contribution in [3.63, 3.8) is 0 Å². The van der Waals surface area contributed by atoms with Gasteiger partial charge in [0.15, 0.2) is 5.82 Å². The lowest BCUT2D eigenvalue weighted by Gasteiger charge is -2.08. The van der Waals surface area contributed by atoms with Gasteiger partial charge in [-0.05, 0) is 30.3 Å². The van der Waals surface area contributed by atoms with Crippen LogP contribution in [0.25, 0.3) is 0 Å². The van der Waals surface area contributed by atoms with Crippen molar-refractivity contribution in [1.29, 1.82) is 0 Å². The molecule has 2 rings (SSSR count). The van der Waals surface area contributed by atoms with Crippen molar-refractivity contribution >= 4 is 56.7 Å². The maximum absolute atomic E-state index is 6.09. The molecule has 18 heavy (non-hydrogen) atoms. The molecule has 3 nitrogen and oxygen atoms in total. The largest absolute Gasteiger partial charge is 0.307 e. The number of halogens is 3. The number of aromatic nitrogens is 1. The Balaban J connectivity index is 2.31. The molecule has 0 fully saturated rings. The van der Waals surface area contributed by atoms with Gasteiger partial charge in [-0.1, -0.05) is 50.9 Å². The smallest absolute Gasteiger partial charge is 0.160 e. The van der Waals surface area contributed by atoms with Crippen molar-refractivity contribution in [2.45, 2.75) is 9.92 Å². The Labute approximate surface area is 127 Å². The lowest BCUT2D eigenvalue weighted by atomic mass is 10.4.